The van der Waals surface area contributed by atoms with E-state index in [1.165, 1.54) is 74.6 Å². The summed E-state index contributed by atoms with van der Waals surface area (Å²) >= 11 is 0. The number of unbranched alkanes of at least 4 members (excludes halogenated alkanes) is 7. The van der Waals surface area contributed by atoms with E-state index < -0.39 is 0 Å². The zero-order chi connectivity index (χ0) is 19.6. The molecule has 2 aromatic rings. The summed E-state index contributed by atoms with van der Waals surface area (Å²) in [6.45, 7) is 5.43. The Labute approximate surface area is 171 Å². The molecular formula is C26H37NO. The van der Waals surface area contributed by atoms with Crippen molar-refractivity contribution in [1.82, 2.24) is 4.98 Å². The Hall–Kier alpha value is -1.83. The molecule has 0 radical (unpaired) electrons. The number of ether oxygens (including phenoxy) is 1. The van der Waals surface area contributed by atoms with Gasteiger partial charge >= 0.3 is 0 Å². The van der Waals surface area contributed by atoms with E-state index in [4.69, 9.17) is 9.72 Å². The van der Waals surface area contributed by atoms with Gasteiger partial charge in [-0.3, -0.25) is 4.98 Å². The second-order valence-corrected chi connectivity index (χ2v) is 8.50. The van der Waals surface area contributed by atoms with Crippen LogP contribution in [0.2, 0.25) is 0 Å². The first-order valence-electron chi connectivity index (χ1n) is 11.5. The number of pyridine rings is 1. The fraction of sp³-hybridized carbons (Fsp3) is 0.577. The highest BCUT2D eigenvalue weighted by atomic mass is 16.5. The van der Waals surface area contributed by atoms with Crippen molar-refractivity contribution in [3.05, 3.63) is 47.7 Å². The summed E-state index contributed by atoms with van der Waals surface area (Å²) < 4.78 is 5.92. The summed E-state index contributed by atoms with van der Waals surface area (Å²) in [6.07, 6.45) is 14.2. The molecule has 2 nitrogen and oxygen atoms in total. The van der Waals surface area contributed by atoms with Crippen molar-refractivity contribution in [3.63, 3.8) is 0 Å². The monoisotopic (exact) mass is 379 g/mol. The number of hydrogen-bond acceptors (Lipinski definition) is 2. The van der Waals surface area contributed by atoms with Crippen LogP contribution in [0.4, 0.5) is 0 Å². The van der Waals surface area contributed by atoms with E-state index in [1.54, 1.807) is 0 Å². The zero-order valence-corrected chi connectivity index (χ0v) is 17.9. The van der Waals surface area contributed by atoms with E-state index in [0.29, 0.717) is 0 Å². The van der Waals surface area contributed by atoms with Crippen molar-refractivity contribution in [2.75, 3.05) is 6.61 Å². The number of aryl methyl sites for hydroxylation is 1. The summed E-state index contributed by atoms with van der Waals surface area (Å²) in [4.78, 5) is 4.93. The van der Waals surface area contributed by atoms with Crippen molar-refractivity contribution in [2.45, 2.75) is 84.5 Å². The summed E-state index contributed by atoms with van der Waals surface area (Å²) in [6, 6.07) is 12.9. The minimum Gasteiger partial charge on any atom is -0.494 e. The largest absolute Gasteiger partial charge is 0.494 e. The van der Waals surface area contributed by atoms with E-state index in [1.807, 2.05) is 0 Å². The van der Waals surface area contributed by atoms with E-state index >= 15 is 0 Å². The van der Waals surface area contributed by atoms with Gasteiger partial charge in [-0.15, -0.1) is 0 Å². The highest BCUT2D eigenvalue weighted by Crippen LogP contribution is 2.28. The fourth-order valence-electron chi connectivity index (χ4n) is 4.10. The third-order valence-corrected chi connectivity index (χ3v) is 5.93. The standard InChI is InChI=1S/C26H37NO/c1-3-4-5-6-7-8-9-10-19-28-24-15-12-22(13-16-24)25-18-14-23-20-21(2)11-17-26(23)27-25/h12-16,18,21H,3-11,17,19-20H2,1-2H3. The van der Waals surface area contributed by atoms with Crippen LogP contribution in [0, 0.1) is 5.92 Å². The van der Waals surface area contributed by atoms with Crippen LogP contribution in [0.25, 0.3) is 11.3 Å². The van der Waals surface area contributed by atoms with Crippen molar-refractivity contribution in [1.29, 1.82) is 0 Å². The highest BCUT2D eigenvalue weighted by Gasteiger charge is 2.16. The molecular weight excluding hydrogens is 342 g/mol. The maximum atomic E-state index is 5.92. The van der Waals surface area contributed by atoms with Crippen LogP contribution < -0.4 is 4.74 Å². The van der Waals surface area contributed by atoms with Crippen LogP contribution in [0.5, 0.6) is 5.75 Å². The molecule has 3 rings (SSSR count). The van der Waals surface area contributed by atoms with Crippen molar-refractivity contribution >= 4 is 0 Å². The van der Waals surface area contributed by atoms with E-state index in [2.05, 4.69) is 50.2 Å². The molecule has 2 heteroatoms. The minimum absolute atomic E-state index is 0.789. The van der Waals surface area contributed by atoms with E-state index in [-0.39, 0.29) is 0 Å². The molecule has 28 heavy (non-hydrogen) atoms. The molecule has 1 aromatic heterocycles. The minimum atomic E-state index is 0.789. The Morgan fingerprint density at radius 3 is 2.36 bits per heavy atom. The molecule has 0 N–H and O–H groups in total. The van der Waals surface area contributed by atoms with Gasteiger partial charge in [-0.05, 0) is 67.5 Å². The van der Waals surface area contributed by atoms with Crippen molar-refractivity contribution < 1.29 is 4.74 Å². The third-order valence-electron chi connectivity index (χ3n) is 5.93. The SMILES string of the molecule is CCCCCCCCCCOc1ccc(-c2ccc3c(n2)CCC(C)C3)cc1. The molecule has 0 spiro atoms. The van der Waals surface area contributed by atoms with Crippen molar-refractivity contribution in [3.8, 4) is 17.0 Å². The van der Waals surface area contributed by atoms with E-state index in [0.717, 1.165) is 36.8 Å². The molecule has 1 atom stereocenters. The first kappa shape index (κ1) is 20.9. The molecule has 152 valence electrons. The predicted molar refractivity (Wildman–Crippen MR) is 119 cm³/mol. The maximum absolute atomic E-state index is 5.92. The van der Waals surface area contributed by atoms with Crippen LogP contribution in [0.1, 0.15) is 82.9 Å². The third kappa shape index (κ3) is 6.36. The molecule has 0 saturated heterocycles. The van der Waals surface area contributed by atoms with Gasteiger partial charge in [0.05, 0.1) is 12.3 Å². The van der Waals surface area contributed by atoms with Crippen molar-refractivity contribution in [2.24, 2.45) is 5.92 Å². The van der Waals surface area contributed by atoms with Crippen LogP contribution >= 0.6 is 0 Å². The Balaban J connectivity index is 1.40. The second-order valence-electron chi connectivity index (χ2n) is 8.50. The first-order valence-corrected chi connectivity index (χ1v) is 11.5. The molecule has 1 aromatic carbocycles. The number of hydrogen-bond donors (Lipinski definition) is 0. The quantitative estimate of drug-likeness (QED) is 0.380. The lowest BCUT2D eigenvalue weighted by Crippen LogP contribution is -2.13. The lowest BCUT2D eigenvalue weighted by molar-refractivity contribution is 0.304. The van der Waals surface area contributed by atoms with Crippen LogP contribution in [0.15, 0.2) is 36.4 Å². The smallest absolute Gasteiger partial charge is 0.119 e. The molecule has 1 heterocycles. The Morgan fingerprint density at radius 2 is 1.61 bits per heavy atom. The van der Waals surface area contributed by atoms with Crippen LogP contribution in [0.3, 0.4) is 0 Å². The molecule has 0 bridgehead atoms. The number of rotatable bonds is 11. The Kier molecular flexibility index (Phi) is 8.39. The van der Waals surface area contributed by atoms with Gasteiger partial charge in [0.15, 0.2) is 0 Å². The van der Waals surface area contributed by atoms with Gasteiger partial charge in [-0.2, -0.15) is 0 Å². The molecule has 0 fully saturated rings. The predicted octanol–water partition coefficient (Wildman–Crippen LogP) is 7.39. The number of fused-ring (bicyclic) bond motifs is 1. The zero-order valence-electron chi connectivity index (χ0n) is 17.9. The van der Waals surface area contributed by atoms with Gasteiger partial charge < -0.3 is 4.74 Å². The maximum Gasteiger partial charge on any atom is 0.119 e. The van der Waals surface area contributed by atoms with Gasteiger partial charge in [0, 0.05) is 11.3 Å². The fourth-order valence-corrected chi connectivity index (χ4v) is 4.10. The Bertz CT molecular complexity index is 707. The average Bonchev–Trinajstić information content (AvgIpc) is 2.72. The van der Waals surface area contributed by atoms with Gasteiger partial charge in [0.25, 0.3) is 0 Å². The highest BCUT2D eigenvalue weighted by molar-refractivity contribution is 5.60. The summed E-state index contributed by atoms with van der Waals surface area (Å²) in [5, 5.41) is 0. The van der Waals surface area contributed by atoms with Gasteiger partial charge in [-0.1, -0.05) is 64.9 Å². The van der Waals surface area contributed by atoms with E-state index in [9.17, 15) is 0 Å². The summed E-state index contributed by atoms with van der Waals surface area (Å²) in [5.74, 6) is 1.76. The lowest BCUT2D eigenvalue weighted by Gasteiger charge is -2.21. The van der Waals surface area contributed by atoms with Gasteiger partial charge in [0.2, 0.25) is 0 Å². The molecule has 1 aliphatic rings. The first-order chi connectivity index (χ1) is 13.8. The van der Waals surface area contributed by atoms with Gasteiger partial charge in [0.1, 0.15) is 5.75 Å². The molecule has 0 aliphatic heterocycles. The van der Waals surface area contributed by atoms with Gasteiger partial charge in [-0.25, -0.2) is 0 Å². The average molecular weight is 380 g/mol. The Morgan fingerprint density at radius 1 is 0.893 bits per heavy atom. The normalized spacial score (nSPS) is 16.0. The number of aromatic nitrogens is 1. The summed E-state index contributed by atoms with van der Waals surface area (Å²) in [7, 11) is 0. The lowest BCUT2D eigenvalue weighted by atomic mass is 9.87. The molecule has 1 unspecified atom stereocenters. The topological polar surface area (TPSA) is 22.1 Å². The number of benzene rings is 1. The second kappa shape index (κ2) is 11.2. The molecule has 0 saturated carbocycles. The van der Waals surface area contributed by atoms with Crippen LogP contribution in [-0.2, 0) is 12.8 Å². The molecule has 1 aliphatic carbocycles. The number of nitrogens with zero attached hydrogens (tertiary/aromatic N) is 1. The summed E-state index contributed by atoms with van der Waals surface area (Å²) in [5.41, 5.74) is 5.00. The molecule has 0 amide bonds. The van der Waals surface area contributed by atoms with Crippen LogP contribution in [-0.4, -0.2) is 11.6 Å².